The summed E-state index contributed by atoms with van der Waals surface area (Å²) in [7, 11) is 0. The number of anilines is 1. The number of aromatic amines is 1. The maximum Gasteiger partial charge on any atom is 0.307 e. The van der Waals surface area contributed by atoms with Crippen molar-refractivity contribution in [3.63, 3.8) is 0 Å². The van der Waals surface area contributed by atoms with Crippen LogP contribution in [0.2, 0.25) is 0 Å². The lowest BCUT2D eigenvalue weighted by Crippen LogP contribution is -2.01. The number of azo groups is 1. The number of benzene rings is 2. The van der Waals surface area contributed by atoms with Crippen molar-refractivity contribution in [3.05, 3.63) is 66.2 Å². The molecule has 0 fully saturated rings. The highest BCUT2D eigenvalue weighted by Crippen LogP contribution is 2.09. The van der Waals surface area contributed by atoms with Gasteiger partial charge in [-0.05, 0) is 17.3 Å². The van der Waals surface area contributed by atoms with Crippen molar-refractivity contribution in [1.29, 1.82) is 0 Å². The Morgan fingerprint density at radius 1 is 0.955 bits per heavy atom. The number of hydrogen-bond donors (Lipinski definition) is 2. The minimum atomic E-state index is 0.142. The molecule has 0 amide bonds. The van der Waals surface area contributed by atoms with Crippen LogP contribution < -0.4 is 5.43 Å². The van der Waals surface area contributed by atoms with Crippen LogP contribution >= 0.6 is 0 Å². The predicted molar refractivity (Wildman–Crippen MR) is 81.7 cm³/mol. The first-order chi connectivity index (χ1) is 10.9. The van der Waals surface area contributed by atoms with E-state index < -0.39 is 0 Å². The van der Waals surface area contributed by atoms with Gasteiger partial charge in [0.2, 0.25) is 5.84 Å². The standard InChI is InChI=1S/C14H12N8/c1-3-7-11(8-4-1)13(17-18-14-19-21-22-20-14)16-15-12-9-5-2-6-10-12/h1-10,15H,(H,19,20,21,22). The lowest BCUT2D eigenvalue weighted by atomic mass is 10.2. The fourth-order valence-corrected chi connectivity index (χ4v) is 1.65. The Kier molecular flexibility index (Phi) is 4.22. The normalized spacial score (nSPS) is 11.7. The Morgan fingerprint density at radius 3 is 2.36 bits per heavy atom. The zero-order valence-electron chi connectivity index (χ0n) is 11.5. The summed E-state index contributed by atoms with van der Waals surface area (Å²) in [5.74, 6) is 0.553. The Labute approximate surface area is 126 Å². The molecular formula is C14H12N8. The molecule has 0 bridgehead atoms. The van der Waals surface area contributed by atoms with Gasteiger partial charge in [-0.2, -0.15) is 10.3 Å². The van der Waals surface area contributed by atoms with Crippen LogP contribution in [0, 0.1) is 0 Å². The summed E-state index contributed by atoms with van der Waals surface area (Å²) in [5.41, 5.74) is 4.61. The Morgan fingerprint density at radius 2 is 1.68 bits per heavy atom. The second-order valence-corrected chi connectivity index (χ2v) is 4.19. The van der Waals surface area contributed by atoms with Crippen molar-refractivity contribution in [2.45, 2.75) is 0 Å². The highest BCUT2D eigenvalue weighted by molar-refractivity contribution is 5.99. The van der Waals surface area contributed by atoms with Gasteiger partial charge in [0.1, 0.15) is 0 Å². The number of nitrogens with one attached hydrogen (secondary N) is 2. The van der Waals surface area contributed by atoms with Crippen LogP contribution in [0.4, 0.5) is 11.6 Å². The van der Waals surface area contributed by atoms with E-state index in [0.717, 1.165) is 11.3 Å². The molecule has 0 aliphatic carbocycles. The van der Waals surface area contributed by atoms with Crippen molar-refractivity contribution < 1.29 is 0 Å². The number of hydrogen-bond acceptors (Lipinski definition) is 6. The van der Waals surface area contributed by atoms with Crippen molar-refractivity contribution in [3.8, 4) is 0 Å². The first-order valence-electron chi connectivity index (χ1n) is 6.51. The summed E-state index contributed by atoms with van der Waals surface area (Å²) >= 11 is 0. The number of para-hydroxylation sites is 1. The van der Waals surface area contributed by atoms with E-state index in [1.165, 1.54) is 0 Å². The van der Waals surface area contributed by atoms with Crippen LogP contribution in [0.25, 0.3) is 0 Å². The van der Waals surface area contributed by atoms with Crippen LogP contribution in [0.15, 0.2) is 76.0 Å². The van der Waals surface area contributed by atoms with Gasteiger partial charge in [-0.3, -0.25) is 5.43 Å². The number of aromatic nitrogens is 4. The fourth-order valence-electron chi connectivity index (χ4n) is 1.65. The fraction of sp³-hybridized carbons (Fsp3) is 0. The van der Waals surface area contributed by atoms with Crippen molar-refractivity contribution >= 4 is 17.5 Å². The SMILES string of the molecule is c1ccc(NN=C(N=Nc2nn[nH]n2)c2ccccc2)cc1. The average molecular weight is 292 g/mol. The molecule has 8 heteroatoms. The Hall–Kier alpha value is -3.42. The number of H-pyrrole nitrogens is 1. The summed E-state index contributed by atoms with van der Waals surface area (Å²) < 4.78 is 0. The molecule has 0 radical (unpaired) electrons. The molecule has 22 heavy (non-hydrogen) atoms. The zero-order chi connectivity index (χ0) is 15.0. The van der Waals surface area contributed by atoms with Gasteiger partial charge in [-0.25, -0.2) is 0 Å². The van der Waals surface area contributed by atoms with E-state index in [-0.39, 0.29) is 5.95 Å². The minimum absolute atomic E-state index is 0.142. The Bertz CT molecular complexity index is 750. The zero-order valence-corrected chi connectivity index (χ0v) is 11.5. The molecule has 0 saturated heterocycles. The van der Waals surface area contributed by atoms with Gasteiger partial charge in [0.15, 0.2) is 0 Å². The van der Waals surface area contributed by atoms with Crippen LogP contribution in [-0.2, 0) is 0 Å². The molecule has 0 aliphatic rings. The molecule has 2 aromatic carbocycles. The molecule has 3 aromatic rings. The van der Waals surface area contributed by atoms with Gasteiger partial charge < -0.3 is 0 Å². The van der Waals surface area contributed by atoms with Crippen LogP contribution in [0.3, 0.4) is 0 Å². The molecule has 1 aromatic heterocycles. The highest BCUT2D eigenvalue weighted by Gasteiger charge is 2.03. The molecule has 108 valence electrons. The predicted octanol–water partition coefficient (Wildman–Crippen LogP) is 2.76. The van der Waals surface area contributed by atoms with Gasteiger partial charge in [0.25, 0.3) is 0 Å². The maximum atomic E-state index is 4.28. The second-order valence-electron chi connectivity index (χ2n) is 4.19. The molecule has 1 heterocycles. The summed E-state index contributed by atoms with van der Waals surface area (Å²) in [5, 5.41) is 25.4. The summed E-state index contributed by atoms with van der Waals surface area (Å²) in [6.07, 6.45) is 0. The summed E-state index contributed by atoms with van der Waals surface area (Å²) in [6.45, 7) is 0. The van der Waals surface area contributed by atoms with Crippen LogP contribution in [0.5, 0.6) is 0 Å². The number of nitrogens with zero attached hydrogens (tertiary/aromatic N) is 6. The topological polar surface area (TPSA) is 104 Å². The molecule has 3 rings (SSSR count). The monoisotopic (exact) mass is 292 g/mol. The molecule has 2 N–H and O–H groups in total. The summed E-state index contributed by atoms with van der Waals surface area (Å²) in [6, 6.07) is 19.1. The number of hydrazone groups is 1. The van der Waals surface area contributed by atoms with Crippen molar-refractivity contribution in [2.24, 2.45) is 15.3 Å². The first-order valence-corrected chi connectivity index (χ1v) is 6.51. The highest BCUT2D eigenvalue weighted by atomic mass is 15.5. The maximum absolute atomic E-state index is 4.28. The van der Waals surface area contributed by atoms with E-state index in [1.807, 2.05) is 60.7 Å². The third kappa shape index (κ3) is 3.57. The third-order valence-electron chi connectivity index (χ3n) is 2.67. The number of tetrazole rings is 1. The van der Waals surface area contributed by atoms with Crippen LogP contribution in [-0.4, -0.2) is 26.5 Å². The van der Waals surface area contributed by atoms with Gasteiger partial charge in [0, 0.05) is 5.56 Å². The molecule has 8 nitrogen and oxygen atoms in total. The van der Waals surface area contributed by atoms with E-state index in [9.17, 15) is 0 Å². The van der Waals surface area contributed by atoms with Crippen molar-refractivity contribution in [1.82, 2.24) is 20.6 Å². The Balaban J connectivity index is 1.86. The third-order valence-corrected chi connectivity index (χ3v) is 2.67. The molecule has 0 unspecified atom stereocenters. The van der Waals surface area contributed by atoms with E-state index in [2.05, 4.69) is 41.4 Å². The van der Waals surface area contributed by atoms with E-state index in [0.29, 0.717) is 5.84 Å². The summed E-state index contributed by atoms with van der Waals surface area (Å²) in [4.78, 5) is 0. The number of rotatable bonds is 4. The molecule has 0 atom stereocenters. The van der Waals surface area contributed by atoms with E-state index in [4.69, 9.17) is 0 Å². The largest absolute Gasteiger partial charge is 0.307 e. The molecule has 0 spiro atoms. The van der Waals surface area contributed by atoms with Gasteiger partial charge >= 0.3 is 5.95 Å². The van der Waals surface area contributed by atoms with Gasteiger partial charge in [-0.1, -0.05) is 53.6 Å². The molecule has 0 saturated carbocycles. The quantitative estimate of drug-likeness (QED) is 0.334. The van der Waals surface area contributed by atoms with Gasteiger partial charge in [0.05, 0.1) is 5.69 Å². The van der Waals surface area contributed by atoms with Gasteiger partial charge in [-0.15, -0.1) is 15.3 Å². The van der Waals surface area contributed by atoms with E-state index >= 15 is 0 Å². The lowest BCUT2D eigenvalue weighted by molar-refractivity contribution is 0.881. The minimum Gasteiger partial charge on any atom is -0.276 e. The van der Waals surface area contributed by atoms with Crippen molar-refractivity contribution in [2.75, 3.05) is 5.43 Å². The lowest BCUT2D eigenvalue weighted by Gasteiger charge is -2.02. The molecular weight excluding hydrogens is 280 g/mol. The van der Waals surface area contributed by atoms with Crippen LogP contribution in [0.1, 0.15) is 5.56 Å². The first kappa shape index (κ1) is 13.6. The average Bonchev–Trinajstić information content (AvgIpc) is 3.10. The second kappa shape index (κ2) is 6.84. The molecule has 0 aliphatic heterocycles. The number of amidine groups is 1. The van der Waals surface area contributed by atoms with E-state index in [1.54, 1.807) is 0 Å². The smallest absolute Gasteiger partial charge is 0.276 e.